The molecule has 0 amide bonds. The van der Waals surface area contributed by atoms with Crippen molar-refractivity contribution in [3.63, 3.8) is 0 Å². The maximum absolute atomic E-state index is 12.1. The van der Waals surface area contributed by atoms with Gasteiger partial charge in [-0.15, -0.1) is 0 Å². The van der Waals surface area contributed by atoms with Gasteiger partial charge in [0, 0.05) is 12.6 Å². The van der Waals surface area contributed by atoms with Crippen LogP contribution in [0.3, 0.4) is 0 Å². The molecule has 0 saturated carbocycles. The molecular formula is C15H24N2O2S. The molecular weight excluding hydrogens is 272 g/mol. The number of sulfonamides is 1. The molecule has 2 N–H and O–H groups in total. The highest BCUT2D eigenvalue weighted by molar-refractivity contribution is 7.89. The van der Waals surface area contributed by atoms with Gasteiger partial charge in [-0.3, -0.25) is 0 Å². The smallest absolute Gasteiger partial charge is 0.212 e. The Bertz CT molecular complexity index is 496. The fourth-order valence-corrected chi connectivity index (χ4v) is 4.06. The Morgan fingerprint density at radius 3 is 2.75 bits per heavy atom. The van der Waals surface area contributed by atoms with E-state index < -0.39 is 10.0 Å². The van der Waals surface area contributed by atoms with Gasteiger partial charge >= 0.3 is 0 Å². The Balaban J connectivity index is 1.78. The van der Waals surface area contributed by atoms with Crippen molar-refractivity contribution in [3.05, 3.63) is 35.9 Å². The van der Waals surface area contributed by atoms with E-state index in [1.165, 1.54) is 6.42 Å². The molecule has 1 heterocycles. The highest BCUT2D eigenvalue weighted by Gasteiger charge is 2.18. The lowest BCUT2D eigenvalue weighted by molar-refractivity contribution is 0.537. The highest BCUT2D eigenvalue weighted by Crippen LogP contribution is 2.16. The average molecular weight is 296 g/mol. The third kappa shape index (κ3) is 4.89. The van der Waals surface area contributed by atoms with Crippen molar-refractivity contribution in [2.24, 2.45) is 0 Å². The van der Waals surface area contributed by atoms with Crippen LogP contribution in [0.2, 0.25) is 0 Å². The molecule has 1 aliphatic rings. The van der Waals surface area contributed by atoms with Crippen molar-refractivity contribution in [1.29, 1.82) is 0 Å². The van der Waals surface area contributed by atoms with Crippen molar-refractivity contribution in [1.82, 2.24) is 10.0 Å². The predicted molar refractivity (Wildman–Crippen MR) is 82.3 cm³/mol. The summed E-state index contributed by atoms with van der Waals surface area (Å²) < 4.78 is 26.8. The van der Waals surface area contributed by atoms with Crippen molar-refractivity contribution in [3.8, 4) is 0 Å². The van der Waals surface area contributed by atoms with E-state index in [0.29, 0.717) is 12.6 Å². The molecule has 0 bridgehead atoms. The first-order valence-electron chi connectivity index (χ1n) is 7.32. The summed E-state index contributed by atoms with van der Waals surface area (Å²) in [5.74, 6) is 0.160. The van der Waals surface area contributed by atoms with Crippen LogP contribution >= 0.6 is 0 Å². The van der Waals surface area contributed by atoms with Crippen LogP contribution in [0.5, 0.6) is 0 Å². The third-order valence-electron chi connectivity index (χ3n) is 3.82. The van der Waals surface area contributed by atoms with Crippen molar-refractivity contribution in [2.45, 2.75) is 38.1 Å². The van der Waals surface area contributed by atoms with Crippen LogP contribution in [-0.4, -0.2) is 33.3 Å². The normalized spacial score (nSPS) is 20.9. The monoisotopic (exact) mass is 296 g/mol. The summed E-state index contributed by atoms with van der Waals surface area (Å²) in [7, 11) is -3.20. The summed E-state index contributed by atoms with van der Waals surface area (Å²) in [6, 6.07) is 10.3. The number of hydrogen-bond acceptors (Lipinski definition) is 3. The summed E-state index contributed by atoms with van der Waals surface area (Å²) in [5.41, 5.74) is 1.07. The van der Waals surface area contributed by atoms with Crippen LogP contribution in [-0.2, 0) is 10.0 Å². The number of benzene rings is 1. The van der Waals surface area contributed by atoms with E-state index in [4.69, 9.17) is 0 Å². The van der Waals surface area contributed by atoms with Gasteiger partial charge in [0.2, 0.25) is 10.0 Å². The second kappa shape index (κ2) is 7.20. The maximum Gasteiger partial charge on any atom is 0.212 e. The third-order valence-corrected chi connectivity index (χ3v) is 5.40. The Kier molecular flexibility index (Phi) is 5.57. The zero-order chi connectivity index (χ0) is 14.4. The van der Waals surface area contributed by atoms with Gasteiger partial charge in [0.25, 0.3) is 0 Å². The summed E-state index contributed by atoms with van der Waals surface area (Å²) in [6.45, 7) is 3.54. The van der Waals surface area contributed by atoms with Crippen LogP contribution in [0.4, 0.5) is 0 Å². The van der Waals surface area contributed by atoms with Crippen molar-refractivity contribution < 1.29 is 8.42 Å². The van der Waals surface area contributed by atoms with E-state index in [0.717, 1.165) is 24.9 Å². The quantitative estimate of drug-likeness (QED) is 0.807. The zero-order valence-electron chi connectivity index (χ0n) is 12.0. The van der Waals surface area contributed by atoms with E-state index >= 15 is 0 Å². The molecule has 0 radical (unpaired) electrons. The summed E-state index contributed by atoms with van der Waals surface area (Å²) in [5, 5.41) is 3.37. The van der Waals surface area contributed by atoms with E-state index in [9.17, 15) is 8.42 Å². The molecule has 20 heavy (non-hydrogen) atoms. The predicted octanol–water partition coefficient (Wildman–Crippen LogP) is 1.85. The topological polar surface area (TPSA) is 58.2 Å². The van der Waals surface area contributed by atoms with Gasteiger partial charge in [-0.05, 0) is 37.3 Å². The molecule has 1 saturated heterocycles. The molecule has 112 valence electrons. The lowest BCUT2D eigenvalue weighted by Crippen LogP contribution is -2.33. The van der Waals surface area contributed by atoms with Gasteiger partial charge in [0.15, 0.2) is 0 Å². The minimum Gasteiger partial charge on any atom is -0.314 e. The molecule has 0 spiro atoms. The van der Waals surface area contributed by atoms with Crippen LogP contribution in [0, 0.1) is 0 Å². The minimum absolute atomic E-state index is 0.0123. The standard InChI is InChI=1S/C15H24N2O2S/c1-13(14-6-3-2-4-7-14)12-20(18,19)17-11-9-15-8-5-10-16-15/h2-4,6-7,13,15-17H,5,8-12H2,1H3. The molecule has 1 aromatic rings. The number of rotatable bonds is 7. The van der Waals surface area contributed by atoms with Crippen LogP contribution in [0.1, 0.15) is 37.7 Å². The first kappa shape index (κ1) is 15.5. The Morgan fingerprint density at radius 1 is 1.35 bits per heavy atom. The molecule has 0 aliphatic carbocycles. The fourth-order valence-electron chi connectivity index (χ4n) is 2.66. The van der Waals surface area contributed by atoms with Gasteiger partial charge < -0.3 is 5.32 Å². The van der Waals surface area contributed by atoms with Crippen molar-refractivity contribution >= 4 is 10.0 Å². The summed E-state index contributed by atoms with van der Waals surface area (Å²) >= 11 is 0. The average Bonchev–Trinajstić information content (AvgIpc) is 2.92. The van der Waals surface area contributed by atoms with Crippen LogP contribution < -0.4 is 10.0 Å². The Morgan fingerprint density at radius 2 is 2.10 bits per heavy atom. The molecule has 2 atom stereocenters. The molecule has 4 nitrogen and oxygen atoms in total. The molecule has 2 rings (SSSR count). The highest BCUT2D eigenvalue weighted by atomic mass is 32.2. The zero-order valence-corrected chi connectivity index (χ0v) is 12.8. The van der Waals surface area contributed by atoms with Gasteiger partial charge in [-0.1, -0.05) is 37.3 Å². The molecule has 2 unspecified atom stereocenters. The number of nitrogens with one attached hydrogen (secondary N) is 2. The Labute approximate surface area is 122 Å². The molecule has 5 heteroatoms. The summed E-state index contributed by atoms with van der Waals surface area (Å²) in [6.07, 6.45) is 3.23. The SMILES string of the molecule is CC(CS(=O)(=O)NCCC1CCCN1)c1ccccc1. The van der Waals surface area contributed by atoms with Gasteiger partial charge in [-0.25, -0.2) is 13.1 Å². The largest absolute Gasteiger partial charge is 0.314 e. The van der Waals surface area contributed by atoms with Crippen LogP contribution in [0.25, 0.3) is 0 Å². The molecule has 1 aliphatic heterocycles. The van der Waals surface area contributed by atoms with E-state index in [1.54, 1.807) is 0 Å². The minimum atomic E-state index is -3.20. The fraction of sp³-hybridized carbons (Fsp3) is 0.600. The summed E-state index contributed by atoms with van der Waals surface area (Å²) in [4.78, 5) is 0. The van der Waals surface area contributed by atoms with Gasteiger partial charge in [0.05, 0.1) is 5.75 Å². The first-order chi connectivity index (χ1) is 9.57. The lowest BCUT2D eigenvalue weighted by atomic mass is 10.0. The van der Waals surface area contributed by atoms with E-state index in [2.05, 4.69) is 10.0 Å². The first-order valence-corrected chi connectivity index (χ1v) is 8.98. The number of hydrogen-bond donors (Lipinski definition) is 2. The second-order valence-corrected chi connectivity index (χ2v) is 7.42. The van der Waals surface area contributed by atoms with Crippen molar-refractivity contribution in [2.75, 3.05) is 18.8 Å². The Hall–Kier alpha value is -0.910. The lowest BCUT2D eigenvalue weighted by Gasteiger charge is -2.14. The molecule has 1 fully saturated rings. The van der Waals surface area contributed by atoms with E-state index in [-0.39, 0.29) is 11.7 Å². The van der Waals surface area contributed by atoms with Gasteiger partial charge in [-0.2, -0.15) is 0 Å². The molecule has 0 aromatic heterocycles. The maximum atomic E-state index is 12.1. The second-order valence-electron chi connectivity index (χ2n) is 5.57. The van der Waals surface area contributed by atoms with Gasteiger partial charge in [0.1, 0.15) is 0 Å². The van der Waals surface area contributed by atoms with E-state index in [1.807, 2.05) is 37.3 Å². The molecule has 1 aromatic carbocycles. The van der Waals surface area contributed by atoms with Crippen LogP contribution in [0.15, 0.2) is 30.3 Å².